The number of carbonyl (C=O) groups is 2. The molecule has 0 amide bonds. The van der Waals surface area contributed by atoms with Gasteiger partial charge in [-0.05, 0) is 47.5 Å². The Bertz CT molecular complexity index is 900. The van der Waals surface area contributed by atoms with E-state index in [0.717, 1.165) is 38.3 Å². The molecule has 0 aliphatic carbocycles. The number of rotatable bonds is 6. The summed E-state index contributed by atoms with van der Waals surface area (Å²) in [6, 6.07) is 9.18. The van der Waals surface area contributed by atoms with Crippen molar-refractivity contribution in [2.45, 2.75) is 0 Å². The van der Waals surface area contributed by atoms with Crippen LogP contribution in [0.2, 0.25) is 0 Å². The molecule has 1 fully saturated rings. The lowest BCUT2D eigenvalue weighted by molar-refractivity contribution is -0.132. The molecule has 6 N–H and O–H groups in total. The first kappa shape index (κ1) is 28.0. The summed E-state index contributed by atoms with van der Waals surface area (Å²) in [7, 11) is 2.86. The molecule has 2 aromatic carbocycles. The Balaban J connectivity index is 0.000000274. The van der Waals surface area contributed by atoms with Gasteiger partial charge in [0, 0.05) is 38.3 Å². The van der Waals surface area contributed by atoms with Gasteiger partial charge in [0.05, 0.1) is 14.2 Å². The summed E-state index contributed by atoms with van der Waals surface area (Å²) in [5.74, 6) is -1.34. The molecule has 0 bridgehead atoms. The topological polar surface area (TPSA) is 158 Å². The van der Waals surface area contributed by atoms with Crippen molar-refractivity contribution in [3.05, 3.63) is 59.7 Å². The predicted molar refractivity (Wildman–Crippen MR) is 128 cm³/mol. The van der Waals surface area contributed by atoms with Gasteiger partial charge in [0.1, 0.15) is 0 Å². The number of methoxy groups -OCH3 is 2. The predicted octanol–water partition coefficient (Wildman–Crippen LogP) is 2.18. The van der Waals surface area contributed by atoms with Crippen molar-refractivity contribution in [2.75, 3.05) is 40.4 Å². The van der Waals surface area contributed by atoms with Crippen molar-refractivity contribution in [2.24, 2.45) is 0 Å². The van der Waals surface area contributed by atoms with Crippen LogP contribution in [0, 0.1) is 0 Å². The van der Waals surface area contributed by atoms with Crippen LogP contribution in [0.5, 0.6) is 23.0 Å². The van der Waals surface area contributed by atoms with E-state index in [-0.39, 0.29) is 11.5 Å². The number of piperazine rings is 1. The van der Waals surface area contributed by atoms with E-state index < -0.39 is 11.9 Å². The molecule has 1 aliphatic heterocycles. The molecule has 1 aliphatic rings. The Morgan fingerprint density at radius 1 is 0.735 bits per heavy atom. The van der Waals surface area contributed by atoms with Crippen LogP contribution < -0.4 is 20.1 Å². The first-order chi connectivity index (χ1) is 16.3. The van der Waals surface area contributed by atoms with Gasteiger partial charge in [0.15, 0.2) is 23.0 Å². The molecule has 0 atom stereocenters. The standard InChI is InChI=1S/2C10H10O4.C4H10N2/c2*1-14-9-6-7(2-4-8(9)11)3-5-10(12)13;1-2-6-4-3-5-1/h2*2-6,11H,1H3,(H,12,13);5-6H,1-4H2/b2*5-3+;. The van der Waals surface area contributed by atoms with Crippen molar-refractivity contribution in [3.63, 3.8) is 0 Å². The van der Waals surface area contributed by atoms with E-state index in [1.807, 2.05) is 0 Å². The molecular formula is C24H30N2O8. The maximum absolute atomic E-state index is 10.2. The number of nitrogens with one attached hydrogen (secondary N) is 2. The van der Waals surface area contributed by atoms with Crippen LogP contribution in [-0.2, 0) is 9.59 Å². The van der Waals surface area contributed by atoms with Gasteiger partial charge in [-0.1, -0.05) is 12.1 Å². The molecule has 0 aromatic heterocycles. The first-order valence-electron chi connectivity index (χ1n) is 10.2. The van der Waals surface area contributed by atoms with E-state index in [0.29, 0.717) is 22.6 Å². The monoisotopic (exact) mass is 474 g/mol. The SMILES string of the molecule is C1CNCCN1.COc1cc(/C=C/C(=O)O)ccc1O.COc1cc(/C=C/C(=O)O)ccc1O. The number of hydrogen-bond acceptors (Lipinski definition) is 8. The molecule has 34 heavy (non-hydrogen) atoms. The number of phenolic OH excluding ortho intramolecular Hbond substituents is 2. The highest BCUT2D eigenvalue weighted by molar-refractivity contribution is 5.85. The lowest BCUT2D eigenvalue weighted by atomic mass is 10.2. The summed E-state index contributed by atoms with van der Waals surface area (Å²) in [6.07, 6.45) is 4.88. The van der Waals surface area contributed by atoms with Gasteiger partial charge in [0.2, 0.25) is 0 Å². The normalized spacial score (nSPS) is 12.8. The summed E-state index contributed by atoms with van der Waals surface area (Å²) in [5.41, 5.74) is 1.31. The molecule has 184 valence electrons. The minimum absolute atomic E-state index is 0.0278. The van der Waals surface area contributed by atoms with Gasteiger partial charge in [-0.3, -0.25) is 0 Å². The lowest BCUT2D eigenvalue weighted by Crippen LogP contribution is -2.39. The summed E-state index contributed by atoms with van der Waals surface area (Å²) >= 11 is 0. The zero-order valence-electron chi connectivity index (χ0n) is 19.0. The Morgan fingerprint density at radius 3 is 1.35 bits per heavy atom. The van der Waals surface area contributed by atoms with Crippen LogP contribution >= 0.6 is 0 Å². The number of ether oxygens (including phenoxy) is 2. The number of aliphatic carboxylic acids is 2. The molecular weight excluding hydrogens is 444 g/mol. The maximum Gasteiger partial charge on any atom is 0.328 e. The van der Waals surface area contributed by atoms with Crippen LogP contribution in [0.25, 0.3) is 12.2 Å². The quantitative estimate of drug-likeness (QED) is 0.343. The number of aromatic hydroxyl groups is 2. The molecule has 0 unspecified atom stereocenters. The van der Waals surface area contributed by atoms with E-state index in [1.165, 1.54) is 38.5 Å². The highest BCUT2D eigenvalue weighted by atomic mass is 16.5. The fourth-order valence-corrected chi connectivity index (χ4v) is 2.53. The van der Waals surface area contributed by atoms with Crippen molar-refractivity contribution in [1.82, 2.24) is 10.6 Å². The third-order valence-corrected chi connectivity index (χ3v) is 4.20. The third kappa shape index (κ3) is 11.6. The van der Waals surface area contributed by atoms with Crippen LogP contribution in [0.15, 0.2) is 48.6 Å². The fraction of sp³-hybridized carbons (Fsp3) is 0.250. The van der Waals surface area contributed by atoms with E-state index in [9.17, 15) is 19.8 Å². The number of hydrogen-bond donors (Lipinski definition) is 6. The first-order valence-corrected chi connectivity index (χ1v) is 10.2. The van der Waals surface area contributed by atoms with Gasteiger partial charge < -0.3 is 40.5 Å². The summed E-state index contributed by atoms with van der Waals surface area (Å²) < 4.78 is 9.72. The number of benzene rings is 2. The molecule has 1 heterocycles. The molecule has 0 spiro atoms. The van der Waals surface area contributed by atoms with Crippen molar-refractivity contribution in [3.8, 4) is 23.0 Å². The Morgan fingerprint density at radius 2 is 1.09 bits per heavy atom. The van der Waals surface area contributed by atoms with Gasteiger partial charge >= 0.3 is 11.9 Å². The highest BCUT2D eigenvalue weighted by Crippen LogP contribution is 2.27. The molecule has 2 aromatic rings. The lowest BCUT2D eigenvalue weighted by Gasteiger charge is -2.11. The maximum atomic E-state index is 10.2. The van der Waals surface area contributed by atoms with Crippen LogP contribution in [0.3, 0.4) is 0 Å². The van der Waals surface area contributed by atoms with Gasteiger partial charge in [-0.25, -0.2) is 9.59 Å². The van der Waals surface area contributed by atoms with Gasteiger partial charge in [0.25, 0.3) is 0 Å². The van der Waals surface area contributed by atoms with Crippen molar-refractivity contribution < 1.29 is 39.5 Å². The molecule has 10 heteroatoms. The molecule has 3 rings (SSSR count). The molecule has 10 nitrogen and oxygen atoms in total. The van der Waals surface area contributed by atoms with Gasteiger partial charge in [-0.2, -0.15) is 0 Å². The minimum Gasteiger partial charge on any atom is -0.504 e. The van der Waals surface area contributed by atoms with Crippen LogP contribution in [0.4, 0.5) is 0 Å². The van der Waals surface area contributed by atoms with E-state index in [1.54, 1.807) is 24.3 Å². The second-order valence-electron chi connectivity index (χ2n) is 6.71. The Hall–Kier alpha value is -4.02. The molecule has 1 saturated heterocycles. The average Bonchev–Trinajstić information content (AvgIpc) is 2.84. The second kappa shape index (κ2) is 15.7. The smallest absolute Gasteiger partial charge is 0.328 e. The van der Waals surface area contributed by atoms with Crippen molar-refractivity contribution >= 4 is 24.1 Å². The fourth-order valence-electron chi connectivity index (χ4n) is 2.53. The van der Waals surface area contributed by atoms with E-state index in [4.69, 9.17) is 19.7 Å². The summed E-state index contributed by atoms with van der Waals surface area (Å²) in [5, 5.41) is 41.7. The molecule has 0 saturated carbocycles. The highest BCUT2D eigenvalue weighted by Gasteiger charge is 2.01. The summed E-state index contributed by atoms with van der Waals surface area (Å²) in [4.78, 5) is 20.5. The third-order valence-electron chi connectivity index (χ3n) is 4.20. The Labute approximate surface area is 197 Å². The van der Waals surface area contributed by atoms with Crippen LogP contribution in [-0.4, -0.2) is 72.8 Å². The van der Waals surface area contributed by atoms with E-state index >= 15 is 0 Å². The zero-order chi connectivity index (χ0) is 25.3. The second-order valence-corrected chi connectivity index (χ2v) is 6.71. The largest absolute Gasteiger partial charge is 0.504 e. The van der Waals surface area contributed by atoms with Crippen LogP contribution in [0.1, 0.15) is 11.1 Å². The van der Waals surface area contributed by atoms with Crippen molar-refractivity contribution in [1.29, 1.82) is 0 Å². The number of phenols is 2. The number of carboxylic acids is 2. The van der Waals surface area contributed by atoms with E-state index in [2.05, 4.69) is 10.6 Å². The Kier molecular flexibility index (Phi) is 13.0. The minimum atomic E-state index is -1.02. The van der Waals surface area contributed by atoms with Gasteiger partial charge in [-0.15, -0.1) is 0 Å². The number of carboxylic acid groups (broad SMARTS) is 2. The molecule has 0 radical (unpaired) electrons. The zero-order valence-corrected chi connectivity index (χ0v) is 19.0. The summed E-state index contributed by atoms with van der Waals surface area (Å²) in [6.45, 7) is 4.56. The average molecular weight is 475 g/mol.